The van der Waals surface area contributed by atoms with Crippen LogP contribution in [0.15, 0.2) is 12.2 Å². The van der Waals surface area contributed by atoms with Gasteiger partial charge in [-0.25, -0.2) is 4.57 Å². The number of carboxylic acid groups (broad SMARTS) is 1. The Morgan fingerprint density at radius 2 is 0.877 bits per heavy atom. The van der Waals surface area contributed by atoms with Gasteiger partial charge in [0.25, 0.3) is 0 Å². The van der Waals surface area contributed by atoms with Crippen molar-refractivity contribution in [2.45, 2.75) is 238 Å². The van der Waals surface area contributed by atoms with Crippen molar-refractivity contribution in [2.24, 2.45) is 5.73 Å². The Hall–Kier alpha value is -1.78. The normalized spacial score (nSPS) is 13.8. The smallest absolute Gasteiger partial charge is 0.472 e. The molecule has 0 amide bonds. The molecule has 0 aromatic carbocycles. The highest BCUT2D eigenvalue weighted by molar-refractivity contribution is 7.47. The molecule has 0 aliphatic rings. The van der Waals surface area contributed by atoms with E-state index in [1.807, 2.05) is 0 Å². The maximum absolute atomic E-state index is 12.6. The van der Waals surface area contributed by atoms with Crippen LogP contribution in [0.1, 0.15) is 226 Å². The Balaban J connectivity index is 4.30. The number of carbonyl (C=O) groups is 3. The molecule has 0 saturated carbocycles. The highest BCUT2D eigenvalue weighted by Gasteiger charge is 2.28. The first-order valence-electron chi connectivity index (χ1n) is 23.2. The predicted octanol–water partition coefficient (Wildman–Crippen LogP) is 12.5. The zero-order chi connectivity index (χ0) is 42.1. The van der Waals surface area contributed by atoms with E-state index in [9.17, 15) is 23.8 Å². The Bertz CT molecular complexity index is 1030. The quantitative estimate of drug-likeness (QED) is 0.0231. The molecule has 4 N–H and O–H groups in total. The molecule has 0 saturated heterocycles. The number of phosphoric ester groups is 1. The summed E-state index contributed by atoms with van der Waals surface area (Å²) in [7, 11) is -4.71. The largest absolute Gasteiger partial charge is 0.480 e. The Kier molecular flexibility index (Phi) is 39.7. The number of hydrogen-bond donors (Lipinski definition) is 3. The number of ether oxygens (including phenoxy) is 2. The average Bonchev–Trinajstić information content (AvgIpc) is 3.19. The van der Waals surface area contributed by atoms with E-state index in [2.05, 4.69) is 30.5 Å². The van der Waals surface area contributed by atoms with E-state index in [-0.39, 0.29) is 19.4 Å². The third-order valence-corrected chi connectivity index (χ3v) is 11.2. The molecule has 0 aromatic rings. The highest BCUT2D eigenvalue weighted by Crippen LogP contribution is 2.43. The number of phosphoric acid groups is 1. The Labute approximate surface area is 348 Å². The Morgan fingerprint density at radius 1 is 0.526 bits per heavy atom. The molecule has 0 heterocycles. The molecule has 11 nitrogen and oxygen atoms in total. The van der Waals surface area contributed by atoms with Gasteiger partial charge < -0.3 is 25.2 Å². The summed E-state index contributed by atoms with van der Waals surface area (Å²) < 4.78 is 32.8. The molecule has 12 heteroatoms. The van der Waals surface area contributed by atoms with Gasteiger partial charge in [-0.2, -0.15) is 0 Å². The number of nitrogens with two attached hydrogens (primary N) is 1. The van der Waals surface area contributed by atoms with E-state index < -0.39 is 51.1 Å². The van der Waals surface area contributed by atoms with Gasteiger partial charge in [0, 0.05) is 12.8 Å². The van der Waals surface area contributed by atoms with Gasteiger partial charge in [0.1, 0.15) is 12.6 Å². The molecule has 0 aliphatic heterocycles. The lowest BCUT2D eigenvalue weighted by atomic mass is 10.0. The van der Waals surface area contributed by atoms with Gasteiger partial charge in [-0.05, 0) is 38.5 Å². The van der Waals surface area contributed by atoms with Gasteiger partial charge in [-0.3, -0.25) is 23.4 Å². The van der Waals surface area contributed by atoms with Crippen molar-refractivity contribution in [1.29, 1.82) is 0 Å². The van der Waals surface area contributed by atoms with Crippen molar-refractivity contribution < 1.29 is 47.5 Å². The minimum atomic E-state index is -4.71. The summed E-state index contributed by atoms with van der Waals surface area (Å²) in [6, 6.07) is -1.52. The molecule has 0 aromatic heterocycles. The van der Waals surface area contributed by atoms with Crippen LogP contribution in [0.2, 0.25) is 0 Å². The molecular formula is C45H86NO10P. The van der Waals surface area contributed by atoms with Gasteiger partial charge >= 0.3 is 25.7 Å². The molecule has 3 atom stereocenters. The van der Waals surface area contributed by atoms with Crippen molar-refractivity contribution in [3.63, 3.8) is 0 Å². The molecule has 0 aliphatic carbocycles. The van der Waals surface area contributed by atoms with Crippen molar-refractivity contribution in [3.05, 3.63) is 12.2 Å². The topological polar surface area (TPSA) is 172 Å². The molecule has 0 fully saturated rings. The summed E-state index contributed by atoms with van der Waals surface area (Å²) >= 11 is 0. The number of esters is 2. The van der Waals surface area contributed by atoms with Crippen LogP contribution in [0, 0.1) is 0 Å². The van der Waals surface area contributed by atoms with Gasteiger partial charge in [0.15, 0.2) is 6.10 Å². The minimum Gasteiger partial charge on any atom is -0.480 e. The van der Waals surface area contributed by atoms with Gasteiger partial charge in [-0.15, -0.1) is 0 Å². The number of hydrogen-bond acceptors (Lipinski definition) is 9. The van der Waals surface area contributed by atoms with Crippen molar-refractivity contribution in [1.82, 2.24) is 0 Å². The van der Waals surface area contributed by atoms with Crippen molar-refractivity contribution in [2.75, 3.05) is 19.8 Å². The lowest BCUT2D eigenvalue weighted by Gasteiger charge is -2.20. The van der Waals surface area contributed by atoms with E-state index in [4.69, 9.17) is 24.8 Å². The number of carboxylic acids is 1. The van der Waals surface area contributed by atoms with Crippen LogP contribution < -0.4 is 5.73 Å². The van der Waals surface area contributed by atoms with E-state index in [0.29, 0.717) is 12.8 Å². The number of rotatable bonds is 44. The number of unbranched alkanes of at least 4 members (excludes halogenated alkanes) is 28. The van der Waals surface area contributed by atoms with E-state index >= 15 is 0 Å². The summed E-state index contributed by atoms with van der Waals surface area (Å²) in [5.41, 5.74) is 5.34. The van der Waals surface area contributed by atoms with Crippen LogP contribution in [-0.4, -0.2) is 59.9 Å². The molecule has 0 spiro atoms. The van der Waals surface area contributed by atoms with E-state index in [1.165, 1.54) is 141 Å². The van der Waals surface area contributed by atoms with E-state index in [1.54, 1.807) is 0 Å². The zero-order valence-electron chi connectivity index (χ0n) is 36.5. The van der Waals surface area contributed by atoms with Crippen molar-refractivity contribution in [3.8, 4) is 0 Å². The third-order valence-electron chi connectivity index (χ3n) is 10.3. The van der Waals surface area contributed by atoms with Crippen LogP contribution in [0.5, 0.6) is 0 Å². The summed E-state index contributed by atoms with van der Waals surface area (Å²) in [5.74, 6) is -2.37. The Morgan fingerprint density at radius 3 is 1.28 bits per heavy atom. The van der Waals surface area contributed by atoms with Crippen LogP contribution >= 0.6 is 7.82 Å². The summed E-state index contributed by atoms with van der Waals surface area (Å²) in [6.45, 7) is 2.83. The molecule has 336 valence electrons. The average molecular weight is 832 g/mol. The van der Waals surface area contributed by atoms with Crippen LogP contribution in [0.3, 0.4) is 0 Å². The highest BCUT2D eigenvalue weighted by atomic mass is 31.2. The lowest BCUT2D eigenvalue weighted by Crippen LogP contribution is -2.34. The second-order valence-electron chi connectivity index (χ2n) is 15.9. The fourth-order valence-corrected chi connectivity index (χ4v) is 7.37. The maximum atomic E-state index is 12.6. The fourth-order valence-electron chi connectivity index (χ4n) is 6.59. The minimum absolute atomic E-state index is 0.161. The molecule has 57 heavy (non-hydrogen) atoms. The molecule has 0 rings (SSSR count). The third kappa shape index (κ3) is 40.8. The van der Waals surface area contributed by atoms with Crippen LogP contribution in [0.4, 0.5) is 0 Å². The van der Waals surface area contributed by atoms with Gasteiger partial charge in [0.05, 0.1) is 13.2 Å². The number of carbonyl (C=O) groups excluding carboxylic acids is 2. The maximum Gasteiger partial charge on any atom is 0.472 e. The summed E-state index contributed by atoms with van der Waals surface area (Å²) in [5, 5.41) is 8.90. The van der Waals surface area contributed by atoms with Gasteiger partial charge in [0.2, 0.25) is 0 Å². The molecular weight excluding hydrogens is 745 g/mol. The molecule has 3 unspecified atom stereocenters. The monoisotopic (exact) mass is 832 g/mol. The number of allylic oxidation sites excluding steroid dienone is 2. The SMILES string of the molecule is CCCCCCCC/C=C\CCCCCCCCCC(=O)OC(COC(=O)CCCCCCCCCCCCCCCCCC)COP(=O)(O)OCC(N)C(=O)O. The second kappa shape index (κ2) is 41.0. The molecule has 0 bridgehead atoms. The van der Waals surface area contributed by atoms with Gasteiger partial charge in [-0.1, -0.05) is 187 Å². The number of aliphatic carboxylic acids is 1. The predicted molar refractivity (Wildman–Crippen MR) is 231 cm³/mol. The first kappa shape index (κ1) is 55.2. The van der Waals surface area contributed by atoms with E-state index in [0.717, 1.165) is 44.9 Å². The summed E-state index contributed by atoms with van der Waals surface area (Å²) in [6.07, 6.45) is 41.2. The lowest BCUT2D eigenvalue weighted by molar-refractivity contribution is -0.161. The first-order valence-corrected chi connectivity index (χ1v) is 24.7. The fraction of sp³-hybridized carbons (Fsp3) is 0.889. The zero-order valence-corrected chi connectivity index (χ0v) is 37.3. The first-order chi connectivity index (χ1) is 27.6. The van der Waals surface area contributed by atoms with Crippen LogP contribution in [-0.2, 0) is 37.5 Å². The summed E-state index contributed by atoms with van der Waals surface area (Å²) in [4.78, 5) is 46.0. The standard InChI is InChI=1S/C45H86NO10P/c1-3-5-7-9-11-13-15-17-19-21-23-25-27-29-31-33-35-37-44(48)56-41(39-54-57(51,52)55-40-42(46)45(49)50)38-53-43(47)36-34-32-30-28-26-24-22-20-18-16-14-12-10-8-6-4-2/h17,19,41-42H,3-16,18,20-40,46H2,1-2H3,(H,49,50)(H,51,52)/b19-17-. The second-order valence-corrected chi connectivity index (χ2v) is 17.3. The molecule has 0 radical (unpaired) electrons. The van der Waals surface area contributed by atoms with Crippen LogP contribution in [0.25, 0.3) is 0 Å². The van der Waals surface area contributed by atoms with Crippen molar-refractivity contribution >= 4 is 25.7 Å².